The number of likely N-dealkylation sites (tertiary alicyclic amines) is 1. The third-order valence-electron chi connectivity index (χ3n) is 6.95. The van der Waals surface area contributed by atoms with Gasteiger partial charge in [0.25, 0.3) is 11.7 Å². The second-order valence-electron chi connectivity index (χ2n) is 9.14. The Morgan fingerprint density at radius 1 is 0.973 bits per heavy atom. The number of ketones is 1. The minimum atomic E-state index is -0.726. The fraction of sp³-hybridized carbons (Fsp3) is 0.267. The number of hydrogen-bond acceptors (Lipinski definition) is 6. The number of ether oxygens (including phenoxy) is 3. The number of fused-ring (bicyclic) bond motifs is 1. The van der Waals surface area contributed by atoms with Crippen molar-refractivity contribution < 1.29 is 28.9 Å². The van der Waals surface area contributed by atoms with Crippen molar-refractivity contribution >= 4 is 17.4 Å². The molecule has 37 heavy (non-hydrogen) atoms. The van der Waals surface area contributed by atoms with E-state index in [4.69, 9.17) is 14.2 Å². The van der Waals surface area contributed by atoms with Gasteiger partial charge in [-0.15, -0.1) is 0 Å². The van der Waals surface area contributed by atoms with E-state index < -0.39 is 17.7 Å². The standard InChI is InChI=1S/C30H29NO6/c1-35-23-10-5-19(6-11-23)15-16-31-27(20-7-12-24(36-2)13-8-20)26(29(33)30(31)34)28(32)22-9-14-25-21(18-22)4-3-17-37-25/h5-14,18,27,32H,3-4,15-17H2,1-2H3/b28-26-. The maximum atomic E-state index is 13.3. The van der Waals surface area contributed by atoms with Crippen molar-refractivity contribution in [2.45, 2.75) is 25.3 Å². The largest absolute Gasteiger partial charge is 0.507 e. The number of methoxy groups -OCH3 is 2. The average molecular weight is 500 g/mol. The molecule has 7 heteroatoms. The fourth-order valence-electron chi connectivity index (χ4n) is 4.95. The molecule has 0 saturated carbocycles. The van der Waals surface area contributed by atoms with E-state index in [9.17, 15) is 14.7 Å². The molecule has 1 amide bonds. The van der Waals surface area contributed by atoms with Gasteiger partial charge in [0.15, 0.2) is 0 Å². The van der Waals surface area contributed by atoms with Gasteiger partial charge in [-0.3, -0.25) is 9.59 Å². The fourth-order valence-corrected chi connectivity index (χ4v) is 4.95. The summed E-state index contributed by atoms with van der Waals surface area (Å²) in [5, 5.41) is 11.4. The second kappa shape index (κ2) is 10.4. The van der Waals surface area contributed by atoms with E-state index in [0.717, 1.165) is 41.0 Å². The molecule has 190 valence electrons. The summed E-state index contributed by atoms with van der Waals surface area (Å²) < 4.78 is 16.2. The number of aliphatic hydroxyl groups excluding tert-OH is 1. The number of rotatable bonds is 7. The first kappa shape index (κ1) is 24.4. The van der Waals surface area contributed by atoms with E-state index in [-0.39, 0.29) is 11.3 Å². The molecule has 0 spiro atoms. The lowest BCUT2D eigenvalue weighted by Gasteiger charge is -2.26. The van der Waals surface area contributed by atoms with Gasteiger partial charge >= 0.3 is 0 Å². The van der Waals surface area contributed by atoms with E-state index >= 15 is 0 Å². The Bertz CT molecular complexity index is 1340. The molecule has 1 saturated heterocycles. The summed E-state index contributed by atoms with van der Waals surface area (Å²) in [6.07, 6.45) is 2.26. The lowest BCUT2D eigenvalue weighted by atomic mass is 9.94. The first-order valence-corrected chi connectivity index (χ1v) is 12.3. The van der Waals surface area contributed by atoms with Crippen LogP contribution < -0.4 is 14.2 Å². The van der Waals surface area contributed by atoms with E-state index in [2.05, 4.69) is 0 Å². The predicted molar refractivity (Wildman–Crippen MR) is 139 cm³/mol. The van der Waals surface area contributed by atoms with Crippen LogP contribution in [0.25, 0.3) is 5.76 Å². The van der Waals surface area contributed by atoms with E-state index in [0.29, 0.717) is 30.9 Å². The molecule has 3 aromatic rings. The molecular formula is C30H29NO6. The Morgan fingerprint density at radius 2 is 1.65 bits per heavy atom. The summed E-state index contributed by atoms with van der Waals surface area (Å²) in [4.78, 5) is 28.2. The van der Waals surface area contributed by atoms with Gasteiger partial charge in [-0.1, -0.05) is 24.3 Å². The van der Waals surface area contributed by atoms with Gasteiger partial charge < -0.3 is 24.2 Å². The minimum absolute atomic E-state index is 0.0848. The van der Waals surface area contributed by atoms with Crippen molar-refractivity contribution in [3.63, 3.8) is 0 Å². The van der Waals surface area contributed by atoms with Crippen LogP contribution >= 0.6 is 0 Å². The Morgan fingerprint density at radius 3 is 2.32 bits per heavy atom. The summed E-state index contributed by atoms with van der Waals surface area (Å²) in [5.74, 6) is 0.694. The van der Waals surface area contributed by atoms with Crippen molar-refractivity contribution in [2.24, 2.45) is 0 Å². The monoisotopic (exact) mass is 499 g/mol. The van der Waals surface area contributed by atoms with Gasteiger partial charge in [-0.05, 0) is 78.4 Å². The summed E-state index contributed by atoms with van der Waals surface area (Å²) in [6, 6.07) is 19.5. The van der Waals surface area contributed by atoms with Crippen LogP contribution in [-0.2, 0) is 22.4 Å². The van der Waals surface area contributed by atoms with Crippen LogP contribution in [0, 0.1) is 0 Å². The number of Topliss-reactive ketones (excluding diaryl/α,β-unsaturated/α-hetero) is 1. The molecule has 1 unspecified atom stereocenters. The normalized spacial score (nSPS) is 18.3. The van der Waals surface area contributed by atoms with E-state index in [1.165, 1.54) is 0 Å². The molecule has 2 aliphatic heterocycles. The van der Waals surface area contributed by atoms with Crippen LogP contribution in [0.2, 0.25) is 0 Å². The highest BCUT2D eigenvalue weighted by atomic mass is 16.5. The molecule has 2 aliphatic rings. The number of hydrogen-bond donors (Lipinski definition) is 1. The van der Waals surface area contributed by atoms with Crippen molar-refractivity contribution in [3.8, 4) is 17.2 Å². The Balaban J connectivity index is 1.53. The number of benzene rings is 3. The molecule has 0 bridgehead atoms. The summed E-state index contributed by atoms with van der Waals surface area (Å²) in [7, 11) is 3.19. The van der Waals surface area contributed by atoms with Crippen LogP contribution in [0.15, 0.2) is 72.3 Å². The number of carbonyl (C=O) groups is 2. The average Bonchev–Trinajstić information content (AvgIpc) is 3.20. The second-order valence-corrected chi connectivity index (χ2v) is 9.14. The number of nitrogens with zero attached hydrogens (tertiary/aromatic N) is 1. The maximum absolute atomic E-state index is 13.3. The highest BCUT2D eigenvalue weighted by molar-refractivity contribution is 6.46. The third kappa shape index (κ3) is 4.77. The molecule has 0 radical (unpaired) electrons. The lowest BCUT2D eigenvalue weighted by molar-refractivity contribution is -0.139. The molecule has 1 fully saturated rings. The third-order valence-corrected chi connectivity index (χ3v) is 6.95. The zero-order valence-electron chi connectivity index (χ0n) is 20.9. The van der Waals surface area contributed by atoms with Gasteiger partial charge in [0, 0.05) is 12.1 Å². The van der Waals surface area contributed by atoms with Gasteiger partial charge in [-0.2, -0.15) is 0 Å². The molecule has 0 aliphatic carbocycles. The van der Waals surface area contributed by atoms with Gasteiger partial charge in [0.05, 0.1) is 32.4 Å². The van der Waals surface area contributed by atoms with Gasteiger partial charge in [0.1, 0.15) is 23.0 Å². The quantitative estimate of drug-likeness (QED) is 0.288. The molecule has 3 aromatic carbocycles. The van der Waals surface area contributed by atoms with Crippen LogP contribution in [0.3, 0.4) is 0 Å². The summed E-state index contributed by atoms with van der Waals surface area (Å²) in [6.45, 7) is 0.970. The predicted octanol–water partition coefficient (Wildman–Crippen LogP) is 4.69. The Hall–Kier alpha value is -4.26. The summed E-state index contributed by atoms with van der Waals surface area (Å²) >= 11 is 0. The zero-order chi connectivity index (χ0) is 25.9. The van der Waals surface area contributed by atoms with E-state index in [1.807, 2.05) is 48.5 Å². The minimum Gasteiger partial charge on any atom is -0.507 e. The molecule has 5 rings (SSSR count). The van der Waals surface area contributed by atoms with E-state index in [1.54, 1.807) is 37.3 Å². The smallest absolute Gasteiger partial charge is 0.295 e. The molecule has 0 aromatic heterocycles. The molecule has 1 N–H and O–H groups in total. The Labute approximate surface area is 215 Å². The van der Waals surface area contributed by atoms with Crippen LogP contribution in [0.1, 0.15) is 34.7 Å². The Kier molecular flexibility index (Phi) is 6.86. The lowest BCUT2D eigenvalue weighted by Crippen LogP contribution is -2.31. The highest BCUT2D eigenvalue weighted by Crippen LogP contribution is 2.40. The number of carbonyl (C=O) groups excluding carboxylic acids is 2. The molecular weight excluding hydrogens is 470 g/mol. The van der Waals surface area contributed by atoms with Crippen LogP contribution in [0.4, 0.5) is 0 Å². The topological polar surface area (TPSA) is 85.3 Å². The number of amides is 1. The number of aryl methyl sites for hydroxylation is 1. The van der Waals surface area contributed by atoms with Crippen molar-refractivity contribution in [3.05, 3.63) is 94.6 Å². The SMILES string of the molecule is COc1ccc(CCN2C(=O)C(=O)/C(=C(\O)c3ccc4c(c3)CCCO4)C2c2ccc(OC)cc2)cc1. The van der Waals surface area contributed by atoms with Crippen LogP contribution in [-0.4, -0.2) is 49.1 Å². The highest BCUT2D eigenvalue weighted by Gasteiger charge is 2.45. The molecule has 2 heterocycles. The zero-order valence-corrected chi connectivity index (χ0v) is 20.9. The van der Waals surface area contributed by atoms with Gasteiger partial charge in [0.2, 0.25) is 0 Å². The van der Waals surface area contributed by atoms with Crippen molar-refractivity contribution in [1.82, 2.24) is 4.90 Å². The first-order valence-electron chi connectivity index (χ1n) is 12.3. The van der Waals surface area contributed by atoms with Crippen molar-refractivity contribution in [2.75, 3.05) is 27.4 Å². The van der Waals surface area contributed by atoms with Crippen molar-refractivity contribution in [1.29, 1.82) is 0 Å². The first-order chi connectivity index (χ1) is 18.0. The molecule has 1 atom stereocenters. The van der Waals surface area contributed by atoms with Gasteiger partial charge in [-0.25, -0.2) is 0 Å². The molecule has 7 nitrogen and oxygen atoms in total. The summed E-state index contributed by atoms with van der Waals surface area (Å²) in [5.41, 5.74) is 3.28. The maximum Gasteiger partial charge on any atom is 0.295 e. The number of aliphatic hydroxyl groups is 1. The van der Waals surface area contributed by atoms with Crippen LogP contribution in [0.5, 0.6) is 17.2 Å².